The van der Waals surface area contributed by atoms with Crippen molar-refractivity contribution < 1.29 is 70.1 Å². The summed E-state index contributed by atoms with van der Waals surface area (Å²) in [5, 5.41) is 14.9. The van der Waals surface area contributed by atoms with Crippen LogP contribution in [-0.2, 0) is 21.2 Å². The van der Waals surface area contributed by atoms with Crippen LogP contribution in [0.5, 0.6) is 5.75 Å². The molecule has 3 fully saturated rings. The maximum absolute atomic E-state index is 15.2. The average Bonchev–Trinajstić information content (AvgIpc) is 3.34. The van der Waals surface area contributed by atoms with Gasteiger partial charge in [-0.05, 0) is 0 Å². The fourth-order valence-electron chi connectivity index (χ4n) is 5.17. The van der Waals surface area contributed by atoms with Crippen LogP contribution in [0.25, 0.3) is 10.9 Å². The molecule has 2 aliphatic heterocycles. The molecule has 1 aromatic heterocycles. The van der Waals surface area contributed by atoms with Gasteiger partial charge in [-0.25, -0.2) is 0 Å². The molecule has 1 spiro atoms. The zero-order valence-corrected chi connectivity index (χ0v) is 26.0. The molecule has 8 nitrogen and oxygen atoms in total. The number of hydrogen-bond donors (Lipinski definition) is 1. The summed E-state index contributed by atoms with van der Waals surface area (Å²) in [7, 11) is -3.74. The first-order valence-corrected chi connectivity index (χ1v) is 19.2. The summed E-state index contributed by atoms with van der Waals surface area (Å²) in [5.41, 5.74) is 1.28. The quantitative estimate of drug-likeness (QED) is 0.161. The van der Waals surface area contributed by atoms with E-state index in [2.05, 4.69) is 0 Å². The molecule has 6 rings (SSSR count). The molecule has 1 aliphatic carbocycles. The fraction of sp³-hybridized carbons (Fsp3) is 0.462. The van der Waals surface area contributed by atoms with E-state index in [0.29, 0.717) is 34.3 Å². The molecule has 1 atom stereocenters. The van der Waals surface area contributed by atoms with Crippen LogP contribution in [0.2, 0.25) is 0 Å². The summed E-state index contributed by atoms with van der Waals surface area (Å²) in [5.74, 6) is -0.526. The number of carbonyl (C=O) groups is 1. The summed E-state index contributed by atoms with van der Waals surface area (Å²) in [6.07, 6.45) is 1.92. The van der Waals surface area contributed by atoms with Crippen LogP contribution in [0, 0.1) is 5.82 Å². The molecular formula is C26H28FI2N3O5S-2. The number of halogens is 3. The van der Waals surface area contributed by atoms with Crippen LogP contribution in [0.4, 0.5) is 4.39 Å². The van der Waals surface area contributed by atoms with Gasteiger partial charge in [-0.2, -0.15) is 0 Å². The third kappa shape index (κ3) is 4.62. The molecule has 206 valence electrons. The third-order valence-electron chi connectivity index (χ3n) is 7.17. The molecule has 3 aromatic rings. The van der Waals surface area contributed by atoms with E-state index < -0.39 is 43.0 Å². The van der Waals surface area contributed by atoms with Crippen molar-refractivity contribution in [3.05, 3.63) is 53.5 Å². The normalized spacial score (nSPS) is 21.7. The molecular weight excluding hydrogens is 739 g/mol. The van der Waals surface area contributed by atoms with Crippen molar-refractivity contribution in [2.24, 2.45) is 0 Å². The van der Waals surface area contributed by atoms with Gasteiger partial charge < -0.3 is 0 Å². The minimum atomic E-state index is -3.74. The second-order valence-corrected chi connectivity index (χ2v) is 18.6. The van der Waals surface area contributed by atoms with E-state index in [1.54, 1.807) is 32.9 Å². The van der Waals surface area contributed by atoms with Crippen LogP contribution in [-0.4, -0.2) is 52.3 Å². The number of ether oxygens (including phenoxy) is 1. The number of fused-ring (bicyclic) bond motifs is 1. The Labute approximate surface area is 241 Å². The zero-order valence-electron chi connectivity index (χ0n) is 20.9. The van der Waals surface area contributed by atoms with Crippen molar-refractivity contribution in [3.63, 3.8) is 0 Å². The van der Waals surface area contributed by atoms with Gasteiger partial charge in [0.05, 0.1) is 0 Å². The number of hydrogen-bond acceptors (Lipinski definition) is 5. The van der Waals surface area contributed by atoms with Gasteiger partial charge in [0.2, 0.25) is 0 Å². The predicted octanol–water partition coefficient (Wildman–Crippen LogP) is -2.09. The van der Waals surface area contributed by atoms with Crippen molar-refractivity contribution >= 4 is 26.9 Å². The van der Waals surface area contributed by atoms with Gasteiger partial charge in [-0.15, -0.1) is 0 Å². The number of rotatable bonds is 8. The van der Waals surface area contributed by atoms with Crippen LogP contribution in [0.3, 0.4) is 0 Å². The van der Waals surface area contributed by atoms with Crippen molar-refractivity contribution in [2.45, 2.75) is 66.0 Å². The molecule has 1 N–H and O–H groups in total. The average molecular weight is 767 g/mol. The number of benzene rings is 2. The number of carboxylic acid groups (broad SMARTS) is 1. The Balaban J connectivity index is 1.39. The SMILES string of the molecule is CC(C)Oc1ccc(S(=O)(=O)N2[I-][C@H](n3nc(CC(=O)O)c4ccc(F)c(C5C[I-]C5)c43)CC23CC3)cc1. The van der Waals surface area contributed by atoms with Gasteiger partial charge in [-0.3, -0.25) is 0 Å². The monoisotopic (exact) mass is 767 g/mol. The van der Waals surface area contributed by atoms with Crippen molar-refractivity contribution in [2.75, 3.05) is 8.86 Å². The predicted molar refractivity (Wildman–Crippen MR) is 130 cm³/mol. The van der Waals surface area contributed by atoms with E-state index in [-0.39, 0.29) is 54.4 Å². The van der Waals surface area contributed by atoms with E-state index in [4.69, 9.17) is 9.84 Å². The first-order valence-electron chi connectivity index (χ1n) is 12.5. The van der Waals surface area contributed by atoms with Crippen LogP contribution < -0.4 is 47.4 Å². The molecule has 2 saturated heterocycles. The van der Waals surface area contributed by atoms with Crippen molar-refractivity contribution in [1.82, 2.24) is 12.3 Å². The second kappa shape index (κ2) is 9.84. The molecule has 3 heterocycles. The molecule has 0 radical (unpaired) electrons. The van der Waals surface area contributed by atoms with E-state index in [0.717, 1.165) is 21.7 Å². The summed E-state index contributed by atoms with van der Waals surface area (Å²) < 4.78 is 53.9. The minimum absolute atomic E-state index is 0.0103. The van der Waals surface area contributed by atoms with Gasteiger partial charge in [-0.1, -0.05) is 0 Å². The Bertz CT molecular complexity index is 1520. The Kier molecular flexibility index (Phi) is 6.91. The Hall–Kier alpha value is -1.52. The Morgan fingerprint density at radius 2 is 1.92 bits per heavy atom. The number of sulfonamides is 1. The number of aromatic nitrogens is 2. The van der Waals surface area contributed by atoms with E-state index in [1.165, 1.54) is 6.07 Å². The number of aliphatic carboxylic acids is 1. The summed E-state index contributed by atoms with van der Waals surface area (Å²) in [6, 6.07) is 9.64. The zero-order chi connectivity index (χ0) is 26.8. The van der Waals surface area contributed by atoms with Gasteiger partial charge in [0, 0.05) is 0 Å². The Morgan fingerprint density at radius 1 is 1.21 bits per heavy atom. The molecule has 3 aliphatic rings. The molecule has 38 heavy (non-hydrogen) atoms. The number of nitrogens with zero attached hydrogens (tertiary/aromatic N) is 3. The summed E-state index contributed by atoms with van der Waals surface area (Å²) in [6.45, 7) is 3.84. The van der Waals surface area contributed by atoms with E-state index in [9.17, 15) is 18.3 Å². The van der Waals surface area contributed by atoms with Crippen molar-refractivity contribution in [1.29, 1.82) is 0 Å². The van der Waals surface area contributed by atoms with E-state index in [1.807, 2.05) is 18.5 Å². The van der Waals surface area contributed by atoms with Gasteiger partial charge in [0.15, 0.2) is 0 Å². The molecule has 2 aromatic carbocycles. The first-order chi connectivity index (χ1) is 18.1. The van der Waals surface area contributed by atoms with Gasteiger partial charge in [0.1, 0.15) is 0 Å². The number of alkyl halides is 3. The molecule has 0 amide bonds. The molecule has 0 bridgehead atoms. The number of carboxylic acids is 1. The van der Waals surface area contributed by atoms with Crippen LogP contribution >= 0.6 is 0 Å². The molecule has 12 heteroatoms. The Morgan fingerprint density at radius 3 is 2.50 bits per heavy atom. The maximum atomic E-state index is 15.2. The van der Waals surface area contributed by atoms with Crippen LogP contribution in [0.1, 0.15) is 54.3 Å². The van der Waals surface area contributed by atoms with Crippen molar-refractivity contribution in [3.8, 4) is 5.75 Å². The van der Waals surface area contributed by atoms with Gasteiger partial charge in [0.25, 0.3) is 0 Å². The molecule has 1 saturated carbocycles. The third-order valence-corrected chi connectivity index (χ3v) is 17.4. The topological polar surface area (TPSA) is 102 Å². The molecule has 0 unspecified atom stereocenters. The fourth-order valence-corrected chi connectivity index (χ4v) is 14.5. The first kappa shape index (κ1) is 26.7. The van der Waals surface area contributed by atoms with Crippen LogP contribution in [0.15, 0.2) is 41.3 Å². The van der Waals surface area contributed by atoms with Gasteiger partial charge >= 0.3 is 243 Å². The second-order valence-electron chi connectivity index (χ2n) is 10.3. The summed E-state index contributed by atoms with van der Waals surface area (Å²) >= 11 is -1.01. The summed E-state index contributed by atoms with van der Waals surface area (Å²) in [4.78, 5) is 11.9. The van der Waals surface area contributed by atoms with E-state index >= 15 is 4.39 Å². The standard InChI is InChI=1S/C26H28FI2N3O5S/c1-15(2)37-17-3-5-18(6-4-17)38(35,36)32-26(9-10-26)12-22(29-32)31-25-19(21(30-31)11-23(33)34)7-8-20(27)24(25)16-13-28-14-16/h3-8,15-16,22H,9-14H2,1-2H3,(H,33,34)/q-2/t22-/m1/s1.